The molecule has 4 nitrogen and oxygen atoms in total. The molecule has 0 spiro atoms. The number of hydrogen-bond donors (Lipinski definition) is 1. The van der Waals surface area contributed by atoms with Crippen LogP contribution >= 0.6 is 0 Å². The summed E-state index contributed by atoms with van der Waals surface area (Å²) in [5, 5.41) is 10.1. The molecule has 0 radical (unpaired) electrons. The summed E-state index contributed by atoms with van der Waals surface area (Å²) in [6.07, 6.45) is 6.02. The van der Waals surface area contributed by atoms with E-state index in [0.717, 1.165) is 12.8 Å². The monoisotopic (exact) mass is 279 g/mol. The van der Waals surface area contributed by atoms with E-state index >= 15 is 0 Å². The first-order valence-corrected chi connectivity index (χ1v) is 7.88. The molecule has 5 heteroatoms. The zero-order chi connectivity index (χ0) is 13.9. The molecule has 102 valence electrons. The van der Waals surface area contributed by atoms with Crippen molar-refractivity contribution in [3.8, 4) is 12.5 Å². The third-order valence-electron chi connectivity index (χ3n) is 3.40. The first-order valence-electron chi connectivity index (χ1n) is 6.23. The van der Waals surface area contributed by atoms with E-state index in [1.165, 1.54) is 12.1 Å². The number of hydrogen-bond acceptors (Lipinski definition) is 4. The fourth-order valence-corrected chi connectivity index (χ4v) is 3.85. The van der Waals surface area contributed by atoms with Gasteiger partial charge in [0.1, 0.15) is 0 Å². The van der Waals surface area contributed by atoms with E-state index in [0.29, 0.717) is 6.54 Å². The van der Waals surface area contributed by atoms with Gasteiger partial charge in [-0.1, -0.05) is 24.6 Å². The Kier molecular flexibility index (Phi) is 4.13. The summed E-state index contributed by atoms with van der Waals surface area (Å²) < 4.78 is 24.3. The molecule has 1 aromatic carbocycles. The summed E-state index contributed by atoms with van der Waals surface area (Å²) in [6, 6.07) is 10.4. The second-order valence-electron chi connectivity index (χ2n) is 4.69. The maximum absolute atomic E-state index is 12.2. The smallest absolute Gasteiger partial charge is 0.180 e. The fraction of sp³-hybridized carbons (Fsp3) is 0.429. The molecule has 1 aliphatic heterocycles. The van der Waals surface area contributed by atoms with Crippen LogP contribution < -0.4 is 0 Å². The molecule has 1 heterocycles. The fourth-order valence-electron chi connectivity index (χ4n) is 2.41. The third-order valence-corrected chi connectivity index (χ3v) is 5.17. The predicted molar refractivity (Wildman–Crippen MR) is 73.1 cm³/mol. The van der Waals surface area contributed by atoms with Crippen molar-refractivity contribution in [2.75, 3.05) is 12.3 Å². The van der Waals surface area contributed by atoms with Crippen LogP contribution in [-0.2, 0) is 9.84 Å². The molecule has 0 saturated carbocycles. The molecule has 1 N–H and O–H groups in total. The topological polar surface area (TPSA) is 57.6 Å². The van der Waals surface area contributed by atoms with Crippen molar-refractivity contribution in [1.29, 1.82) is 0 Å². The van der Waals surface area contributed by atoms with E-state index in [4.69, 9.17) is 6.42 Å². The molecular weight excluding hydrogens is 262 g/mol. The van der Waals surface area contributed by atoms with Gasteiger partial charge in [-0.25, -0.2) is 8.42 Å². The third kappa shape index (κ3) is 3.09. The number of likely N-dealkylation sites (tertiary alicyclic amines) is 1. The molecule has 0 aromatic heterocycles. The zero-order valence-corrected chi connectivity index (χ0v) is 11.4. The van der Waals surface area contributed by atoms with Gasteiger partial charge in [0.25, 0.3) is 0 Å². The summed E-state index contributed by atoms with van der Waals surface area (Å²) in [5.41, 5.74) is 0. The normalized spacial score (nSPS) is 21.1. The lowest BCUT2D eigenvalue weighted by Crippen LogP contribution is -2.40. The quantitative estimate of drug-likeness (QED) is 0.831. The molecule has 19 heavy (non-hydrogen) atoms. The number of nitrogens with zero attached hydrogens (tertiary/aromatic N) is 1. The SMILES string of the molecule is C#CN1CCC[C@H]1[C@@H](O)CS(=O)(=O)c1ccccc1. The Bertz CT molecular complexity index is 562. The molecule has 1 fully saturated rings. The van der Waals surface area contributed by atoms with Gasteiger partial charge in [-0.3, -0.25) is 0 Å². The Balaban J connectivity index is 2.11. The number of sulfone groups is 1. The lowest BCUT2D eigenvalue weighted by Gasteiger charge is -2.25. The van der Waals surface area contributed by atoms with Crippen LogP contribution in [0.15, 0.2) is 35.2 Å². The Morgan fingerprint density at radius 1 is 1.42 bits per heavy atom. The Morgan fingerprint density at radius 3 is 2.74 bits per heavy atom. The van der Waals surface area contributed by atoms with Crippen LogP contribution in [0.5, 0.6) is 0 Å². The van der Waals surface area contributed by atoms with Crippen LogP contribution in [0.25, 0.3) is 0 Å². The summed E-state index contributed by atoms with van der Waals surface area (Å²) >= 11 is 0. The van der Waals surface area contributed by atoms with Crippen LogP contribution in [0.1, 0.15) is 12.8 Å². The van der Waals surface area contributed by atoms with Gasteiger partial charge in [-0.2, -0.15) is 0 Å². The summed E-state index contributed by atoms with van der Waals surface area (Å²) in [5.74, 6) is -0.292. The van der Waals surface area contributed by atoms with Crippen molar-refractivity contribution >= 4 is 9.84 Å². The van der Waals surface area contributed by atoms with Crippen molar-refractivity contribution in [2.45, 2.75) is 29.9 Å². The van der Waals surface area contributed by atoms with Gasteiger partial charge < -0.3 is 10.0 Å². The molecule has 0 bridgehead atoms. The largest absolute Gasteiger partial charge is 0.390 e. The number of aliphatic hydroxyl groups is 1. The standard InChI is InChI=1S/C14H17NO3S/c1-2-15-10-6-9-13(15)14(16)11-19(17,18)12-7-4-3-5-8-12/h1,3-5,7-8,13-14,16H,6,9-11H2/t13-,14-/m0/s1. The Morgan fingerprint density at radius 2 is 2.11 bits per heavy atom. The van der Waals surface area contributed by atoms with E-state index in [1.807, 2.05) is 0 Å². The minimum absolute atomic E-state index is 0.235. The zero-order valence-electron chi connectivity index (χ0n) is 10.6. The van der Waals surface area contributed by atoms with E-state index in [1.54, 1.807) is 23.1 Å². The van der Waals surface area contributed by atoms with Crippen LogP contribution in [0.2, 0.25) is 0 Å². The van der Waals surface area contributed by atoms with Crippen molar-refractivity contribution in [3.63, 3.8) is 0 Å². The molecule has 0 unspecified atom stereocenters. The number of rotatable bonds is 4. The highest BCUT2D eigenvalue weighted by atomic mass is 32.2. The predicted octanol–water partition coefficient (Wildman–Crippen LogP) is 0.876. The van der Waals surface area contributed by atoms with Crippen LogP contribution in [0.3, 0.4) is 0 Å². The molecule has 2 atom stereocenters. The number of aliphatic hydroxyl groups excluding tert-OH is 1. The van der Waals surface area contributed by atoms with Gasteiger partial charge in [-0.15, -0.1) is 0 Å². The van der Waals surface area contributed by atoms with Gasteiger partial charge in [-0.05, 0) is 25.0 Å². The number of benzene rings is 1. The minimum Gasteiger partial charge on any atom is -0.390 e. The molecule has 0 amide bonds. The van der Waals surface area contributed by atoms with Crippen molar-refractivity contribution in [3.05, 3.63) is 30.3 Å². The molecule has 2 rings (SSSR count). The molecule has 1 aliphatic rings. The maximum atomic E-state index is 12.2. The van der Waals surface area contributed by atoms with Crippen molar-refractivity contribution < 1.29 is 13.5 Å². The van der Waals surface area contributed by atoms with Gasteiger partial charge in [0.15, 0.2) is 9.84 Å². The van der Waals surface area contributed by atoms with E-state index in [-0.39, 0.29) is 16.7 Å². The Hall–Kier alpha value is -1.51. The van der Waals surface area contributed by atoms with Gasteiger partial charge in [0, 0.05) is 12.6 Å². The lowest BCUT2D eigenvalue weighted by atomic mass is 10.1. The first-order chi connectivity index (χ1) is 9.04. The number of terminal acetylenes is 1. The Labute approximate surface area is 114 Å². The highest BCUT2D eigenvalue weighted by Gasteiger charge is 2.32. The first kappa shape index (κ1) is 13.9. The molecule has 1 aromatic rings. The summed E-state index contributed by atoms with van der Waals surface area (Å²) in [4.78, 5) is 1.92. The molecule has 0 aliphatic carbocycles. The second kappa shape index (κ2) is 5.64. The highest BCUT2D eigenvalue weighted by Crippen LogP contribution is 2.22. The highest BCUT2D eigenvalue weighted by molar-refractivity contribution is 7.91. The maximum Gasteiger partial charge on any atom is 0.180 e. The van der Waals surface area contributed by atoms with Gasteiger partial charge in [0.05, 0.1) is 22.8 Å². The van der Waals surface area contributed by atoms with E-state index < -0.39 is 15.9 Å². The van der Waals surface area contributed by atoms with Crippen LogP contribution in [0, 0.1) is 12.5 Å². The molecule has 1 saturated heterocycles. The summed E-state index contributed by atoms with van der Waals surface area (Å²) in [6.45, 7) is 0.712. The van der Waals surface area contributed by atoms with Gasteiger partial charge >= 0.3 is 0 Å². The van der Waals surface area contributed by atoms with E-state index in [2.05, 4.69) is 6.04 Å². The summed E-state index contributed by atoms with van der Waals surface area (Å²) in [7, 11) is -3.47. The van der Waals surface area contributed by atoms with Crippen molar-refractivity contribution in [1.82, 2.24) is 4.90 Å². The average molecular weight is 279 g/mol. The lowest BCUT2D eigenvalue weighted by molar-refractivity contribution is 0.117. The van der Waals surface area contributed by atoms with Crippen molar-refractivity contribution in [2.24, 2.45) is 0 Å². The van der Waals surface area contributed by atoms with Gasteiger partial charge in [0.2, 0.25) is 0 Å². The molecular formula is C14H17NO3S. The second-order valence-corrected chi connectivity index (χ2v) is 6.73. The minimum atomic E-state index is -3.47. The average Bonchev–Trinajstić information content (AvgIpc) is 2.87. The van der Waals surface area contributed by atoms with E-state index in [9.17, 15) is 13.5 Å². The van der Waals surface area contributed by atoms with Crippen LogP contribution in [-0.4, -0.2) is 42.9 Å². The van der Waals surface area contributed by atoms with Crippen LogP contribution in [0.4, 0.5) is 0 Å².